The highest BCUT2D eigenvalue weighted by Gasteiger charge is 2.10. The monoisotopic (exact) mass is 777 g/mol. The zero-order valence-electron chi connectivity index (χ0n) is 36.3. The molecule has 0 bridgehead atoms. The van der Waals surface area contributed by atoms with Crippen molar-refractivity contribution >= 4 is 11.8 Å². The Labute approximate surface area is 344 Å². The first kappa shape index (κ1) is 49.1. The largest absolute Gasteiger partial charge is 0.494 e. The molecule has 0 spiro atoms. The molecule has 0 radical (unpaired) electrons. The Morgan fingerprint density at radius 1 is 0.339 bits per heavy atom. The molecule has 0 unspecified atom stereocenters. The molecule has 0 aliphatic heterocycles. The molecule has 0 aliphatic carbocycles. The summed E-state index contributed by atoms with van der Waals surface area (Å²) in [4.78, 5) is 25.2. The summed E-state index contributed by atoms with van der Waals surface area (Å²) in [6.45, 7) is 5.93. The molecule has 0 heterocycles. The fourth-order valence-electron chi connectivity index (χ4n) is 7.34. The van der Waals surface area contributed by atoms with Crippen LogP contribution in [0.5, 0.6) is 11.5 Å². The van der Waals surface area contributed by atoms with Crippen LogP contribution in [0.15, 0.2) is 48.5 Å². The average molecular weight is 777 g/mol. The molecule has 0 fully saturated rings. The third-order valence-corrected chi connectivity index (χ3v) is 11.1. The van der Waals surface area contributed by atoms with Crippen molar-refractivity contribution in [1.29, 1.82) is 0 Å². The molecule has 2 N–H and O–H groups in total. The standard InChI is InChI=1S/C50H84N2O4/c1-3-5-7-9-11-13-15-17-19-21-23-25-27-29-31-33-43-55-47-39-35-45(36-40-47)49(53)51-52-50(54)46-37-41-48(42-38-46)56-44-34-32-30-28-26-24-22-20-18-16-14-12-10-8-6-4-2/h35-42H,3-34,43-44H2,1-2H3,(H,51,53)(H,52,54). The summed E-state index contributed by atoms with van der Waals surface area (Å²) in [5.41, 5.74) is 5.93. The first-order valence-electron chi connectivity index (χ1n) is 23.7. The maximum Gasteiger partial charge on any atom is 0.269 e. The number of hydrazine groups is 1. The number of hydrogen-bond acceptors (Lipinski definition) is 4. The van der Waals surface area contributed by atoms with E-state index < -0.39 is 0 Å². The van der Waals surface area contributed by atoms with E-state index in [4.69, 9.17) is 9.47 Å². The Morgan fingerprint density at radius 3 is 0.786 bits per heavy atom. The molecule has 0 aliphatic rings. The number of benzene rings is 2. The molecule has 2 rings (SSSR count). The van der Waals surface area contributed by atoms with Crippen LogP contribution >= 0.6 is 0 Å². The third kappa shape index (κ3) is 27.6. The van der Waals surface area contributed by atoms with Gasteiger partial charge in [-0.15, -0.1) is 0 Å². The van der Waals surface area contributed by atoms with Gasteiger partial charge >= 0.3 is 0 Å². The van der Waals surface area contributed by atoms with E-state index in [-0.39, 0.29) is 11.8 Å². The summed E-state index contributed by atoms with van der Waals surface area (Å²) in [6, 6.07) is 14.1. The minimum Gasteiger partial charge on any atom is -0.494 e. The second-order valence-corrected chi connectivity index (χ2v) is 16.3. The van der Waals surface area contributed by atoms with Crippen LogP contribution in [0.2, 0.25) is 0 Å². The summed E-state index contributed by atoms with van der Waals surface area (Å²) in [5, 5.41) is 0. The molecule has 318 valence electrons. The molecule has 0 saturated carbocycles. The second-order valence-electron chi connectivity index (χ2n) is 16.3. The van der Waals surface area contributed by atoms with Crippen LogP contribution in [-0.2, 0) is 0 Å². The normalized spacial score (nSPS) is 11.1. The van der Waals surface area contributed by atoms with Gasteiger partial charge in [0.15, 0.2) is 0 Å². The van der Waals surface area contributed by atoms with Crippen LogP contribution in [0.1, 0.15) is 240 Å². The van der Waals surface area contributed by atoms with Crippen molar-refractivity contribution in [2.75, 3.05) is 13.2 Å². The SMILES string of the molecule is CCCCCCCCCCCCCCCCCCOc1ccc(C(=O)NNC(=O)c2ccc(OCCCCCCCCCCCCCCCCCC)cc2)cc1. The summed E-state index contributed by atoms with van der Waals surface area (Å²) < 4.78 is 11.8. The number of nitrogens with one attached hydrogen (secondary N) is 2. The zero-order chi connectivity index (χ0) is 40.0. The van der Waals surface area contributed by atoms with E-state index in [0.29, 0.717) is 24.3 Å². The van der Waals surface area contributed by atoms with Gasteiger partial charge in [0.05, 0.1) is 13.2 Å². The van der Waals surface area contributed by atoms with E-state index in [1.165, 1.54) is 193 Å². The zero-order valence-corrected chi connectivity index (χ0v) is 36.3. The van der Waals surface area contributed by atoms with Crippen LogP contribution < -0.4 is 20.3 Å². The van der Waals surface area contributed by atoms with Crippen molar-refractivity contribution in [2.45, 2.75) is 219 Å². The van der Waals surface area contributed by atoms with Gasteiger partial charge in [-0.05, 0) is 61.4 Å². The van der Waals surface area contributed by atoms with Gasteiger partial charge in [-0.2, -0.15) is 0 Å². The van der Waals surface area contributed by atoms with E-state index in [2.05, 4.69) is 24.7 Å². The fourth-order valence-corrected chi connectivity index (χ4v) is 7.34. The highest BCUT2D eigenvalue weighted by Crippen LogP contribution is 2.18. The summed E-state index contributed by atoms with van der Waals surface area (Å²) in [5.74, 6) is 0.759. The van der Waals surface area contributed by atoms with Crippen LogP contribution in [-0.4, -0.2) is 25.0 Å². The van der Waals surface area contributed by atoms with Crippen molar-refractivity contribution in [3.8, 4) is 11.5 Å². The molecule has 56 heavy (non-hydrogen) atoms. The van der Waals surface area contributed by atoms with Gasteiger partial charge in [0.1, 0.15) is 11.5 Å². The van der Waals surface area contributed by atoms with Crippen molar-refractivity contribution < 1.29 is 19.1 Å². The predicted octanol–water partition coefficient (Wildman–Crippen LogP) is 15.0. The van der Waals surface area contributed by atoms with E-state index in [9.17, 15) is 9.59 Å². The summed E-state index contributed by atoms with van der Waals surface area (Å²) in [7, 11) is 0. The lowest BCUT2D eigenvalue weighted by atomic mass is 10.0. The maximum absolute atomic E-state index is 12.6. The molecule has 6 nitrogen and oxygen atoms in total. The van der Waals surface area contributed by atoms with Crippen LogP contribution in [0.25, 0.3) is 0 Å². The topological polar surface area (TPSA) is 76.7 Å². The first-order valence-corrected chi connectivity index (χ1v) is 23.7. The van der Waals surface area contributed by atoms with E-state index in [0.717, 1.165) is 24.3 Å². The quantitative estimate of drug-likeness (QED) is 0.0526. The molecule has 2 aromatic rings. The number of carbonyl (C=O) groups is 2. The lowest BCUT2D eigenvalue weighted by Gasteiger charge is -2.10. The maximum atomic E-state index is 12.6. The van der Waals surface area contributed by atoms with Crippen molar-refractivity contribution in [3.63, 3.8) is 0 Å². The van der Waals surface area contributed by atoms with Crippen molar-refractivity contribution in [3.05, 3.63) is 59.7 Å². The Morgan fingerprint density at radius 2 is 0.554 bits per heavy atom. The fraction of sp³-hybridized carbons (Fsp3) is 0.720. The van der Waals surface area contributed by atoms with Crippen LogP contribution in [0.4, 0.5) is 0 Å². The molecular formula is C50H84N2O4. The van der Waals surface area contributed by atoms with E-state index in [1.54, 1.807) is 24.3 Å². The minimum absolute atomic E-state index is 0.374. The van der Waals surface area contributed by atoms with E-state index in [1.807, 2.05) is 24.3 Å². The average Bonchev–Trinajstić information content (AvgIpc) is 3.22. The van der Waals surface area contributed by atoms with Gasteiger partial charge in [0.25, 0.3) is 11.8 Å². The molecule has 6 heteroatoms. The summed E-state index contributed by atoms with van der Waals surface area (Å²) in [6.07, 6.45) is 43.2. The van der Waals surface area contributed by atoms with Gasteiger partial charge in [-0.3, -0.25) is 20.4 Å². The summed E-state index contributed by atoms with van der Waals surface area (Å²) >= 11 is 0. The predicted molar refractivity (Wildman–Crippen MR) is 238 cm³/mol. The number of unbranched alkanes of at least 4 members (excludes halogenated alkanes) is 30. The van der Waals surface area contributed by atoms with Crippen LogP contribution in [0, 0.1) is 0 Å². The molecule has 2 aromatic carbocycles. The van der Waals surface area contributed by atoms with Gasteiger partial charge in [0.2, 0.25) is 0 Å². The smallest absolute Gasteiger partial charge is 0.269 e. The van der Waals surface area contributed by atoms with Gasteiger partial charge < -0.3 is 9.47 Å². The van der Waals surface area contributed by atoms with Gasteiger partial charge in [-0.25, -0.2) is 0 Å². The molecule has 2 amide bonds. The molecule has 0 aromatic heterocycles. The van der Waals surface area contributed by atoms with Crippen molar-refractivity contribution in [2.24, 2.45) is 0 Å². The first-order chi connectivity index (χ1) is 27.6. The Kier molecular flexibility index (Phi) is 31.9. The van der Waals surface area contributed by atoms with Crippen LogP contribution in [0.3, 0.4) is 0 Å². The van der Waals surface area contributed by atoms with Gasteiger partial charge in [0, 0.05) is 11.1 Å². The second kappa shape index (κ2) is 36.3. The lowest BCUT2D eigenvalue weighted by Crippen LogP contribution is -2.41. The number of hydrogen-bond donors (Lipinski definition) is 2. The molecular weight excluding hydrogens is 693 g/mol. The minimum atomic E-state index is -0.374. The Balaban J connectivity index is 1.41. The number of amides is 2. The number of carbonyl (C=O) groups excluding carboxylic acids is 2. The lowest BCUT2D eigenvalue weighted by molar-refractivity contribution is 0.0846. The Hall–Kier alpha value is -3.02. The number of ether oxygens (including phenoxy) is 2. The number of rotatable bonds is 38. The molecule has 0 saturated heterocycles. The van der Waals surface area contributed by atoms with Gasteiger partial charge in [-0.1, -0.05) is 206 Å². The highest BCUT2D eigenvalue weighted by atomic mass is 16.5. The van der Waals surface area contributed by atoms with Crippen molar-refractivity contribution in [1.82, 2.24) is 10.9 Å². The Bertz CT molecular complexity index is 1090. The third-order valence-electron chi connectivity index (χ3n) is 11.1. The van der Waals surface area contributed by atoms with E-state index >= 15 is 0 Å². The molecule has 0 atom stereocenters. The highest BCUT2D eigenvalue weighted by molar-refractivity contribution is 5.99.